The maximum absolute atomic E-state index is 12.3. The van der Waals surface area contributed by atoms with Gasteiger partial charge < -0.3 is 19.9 Å². The summed E-state index contributed by atoms with van der Waals surface area (Å²) in [5, 5.41) is 2.95. The molecule has 0 aliphatic carbocycles. The molecule has 1 fully saturated rings. The molecule has 1 aromatic carbocycles. The van der Waals surface area contributed by atoms with Gasteiger partial charge in [-0.15, -0.1) is 0 Å². The van der Waals surface area contributed by atoms with E-state index in [9.17, 15) is 4.79 Å². The van der Waals surface area contributed by atoms with E-state index in [0.29, 0.717) is 11.6 Å². The van der Waals surface area contributed by atoms with Gasteiger partial charge in [-0.25, -0.2) is 9.97 Å². The molecule has 144 valence electrons. The lowest BCUT2D eigenvalue weighted by Gasteiger charge is -2.36. The van der Waals surface area contributed by atoms with E-state index in [1.54, 1.807) is 19.4 Å². The number of para-hydroxylation sites is 2. The first-order valence-corrected chi connectivity index (χ1v) is 9.39. The summed E-state index contributed by atoms with van der Waals surface area (Å²) < 4.78 is 5.47. The lowest BCUT2D eigenvalue weighted by molar-refractivity contribution is 0.0934. The Hall–Kier alpha value is -2.83. The van der Waals surface area contributed by atoms with Crippen LogP contribution in [0.1, 0.15) is 30.8 Å². The summed E-state index contributed by atoms with van der Waals surface area (Å²) in [6.07, 6.45) is 2.54. The molecule has 1 aliphatic heterocycles. The number of nitrogens with zero attached hydrogens (tertiary/aromatic N) is 4. The van der Waals surface area contributed by atoms with Gasteiger partial charge in [0.15, 0.2) is 0 Å². The van der Waals surface area contributed by atoms with Crippen LogP contribution in [0.15, 0.2) is 36.5 Å². The van der Waals surface area contributed by atoms with E-state index < -0.39 is 0 Å². The smallest absolute Gasteiger partial charge is 0.270 e. The molecule has 2 heterocycles. The summed E-state index contributed by atoms with van der Waals surface area (Å²) in [6.45, 7) is 7.28. The number of carbonyl (C=O) groups excluding carboxylic acids is 1. The van der Waals surface area contributed by atoms with E-state index in [1.807, 2.05) is 32.0 Å². The molecule has 1 atom stereocenters. The van der Waals surface area contributed by atoms with Crippen molar-refractivity contribution in [2.75, 3.05) is 43.1 Å². The zero-order valence-electron chi connectivity index (χ0n) is 16.2. The Morgan fingerprint density at radius 3 is 2.59 bits per heavy atom. The van der Waals surface area contributed by atoms with Crippen LogP contribution < -0.4 is 19.9 Å². The zero-order valence-corrected chi connectivity index (χ0v) is 16.2. The van der Waals surface area contributed by atoms with Crippen LogP contribution in [-0.2, 0) is 0 Å². The molecule has 0 bridgehead atoms. The van der Waals surface area contributed by atoms with Crippen LogP contribution in [0, 0.1) is 0 Å². The zero-order chi connectivity index (χ0) is 19.2. The maximum Gasteiger partial charge on any atom is 0.270 e. The standard InChI is InChI=1S/C20H27N5O2/c1-4-15(2)22-19(26)16-9-10-21-20(23-16)25-13-11-24(12-14-25)17-7-5-6-8-18(17)27-3/h5-10,15H,4,11-14H2,1-3H3,(H,22,26). The van der Waals surface area contributed by atoms with Gasteiger partial charge in [0.25, 0.3) is 5.91 Å². The first kappa shape index (κ1) is 18.9. The Labute approximate surface area is 160 Å². The van der Waals surface area contributed by atoms with Crippen LogP contribution in [0.5, 0.6) is 5.75 Å². The largest absolute Gasteiger partial charge is 0.495 e. The lowest BCUT2D eigenvalue weighted by Crippen LogP contribution is -2.47. The molecular weight excluding hydrogens is 342 g/mol. The minimum absolute atomic E-state index is 0.125. The molecule has 3 rings (SSSR count). The van der Waals surface area contributed by atoms with Gasteiger partial charge in [-0.2, -0.15) is 0 Å². The molecule has 1 saturated heterocycles. The monoisotopic (exact) mass is 369 g/mol. The number of hydrogen-bond donors (Lipinski definition) is 1. The number of hydrogen-bond acceptors (Lipinski definition) is 6. The first-order chi connectivity index (χ1) is 13.1. The van der Waals surface area contributed by atoms with Crippen molar-refractivity contribution in [1.82, 2.24) is 15.3 Å². The normalized spacial score (nSPS) is 15.4. The van der Waals surface area contributed by atoms with E-state index in [0.717, 1.165) is 44.0 Å². The average molecular weight is 369 g/mol. The van der Waals surface area contributed by atoms with Crippen molar-refractivity contribution in [3.63, 3.8) is 0 Å². The van der Waals surface area contributed by atoms with Crippen LogP contribution in [0.25, 0.3) is 0 Å². The molecule has 2 aromatic rings. The third-order valence-electron chi connectivity index (χ3n) is 4.85. The van der Waals surface area contributed by atoms with Gasteiger partial charge in [0.2, 0.25) is 5.95 Å². The summed E-state index contributed by atoms with van der Waals surface area (Å²) in [7, 11) is 1.69. The van der Waals surface area contributed by atoms with Gasteiger partial charge in [0.05, 0.1) is 12.8 Å². The Morgan fingerprint density at radius 1 is 1.19 bits per heavy atom. The number of benzene rings is 1. The number of nitrogens with one attached hydrogen (secondary N) is 1. The minimum atomic E-state index is -0.152. The van der Waals surface area contributed by atoms with E-state index in [-0.39, 0.29) is 11.9 Å². The lowest BCUT2D eigenvalue weighted by atomic mass is 10.2. The SMILES string of the molecule is CCC(C)NC(=O)c1ccnc(N2CCN(c3ccccc3OC)CC2)n1. The van der Waals surface area contributed by atoms with Crippen molar-refractivity contribution in [3.8, 4) is 5.75 Å². The third kappa shape index (κ3) is 4.48. The molecule has 1 aromatic heterocycles. The Kier molecular flexibility index (Phi) is 6.11. The maximum atomic E-state index is 12.3. The number of piperazine rings is 1. The number of amides is 1. The van der Waals surface area contributed by atoms with Crippen molar-refractivity contribution in [1.29, 1.82) is 0 Å². The summed E-state index contributed by atoms with van der Waals surface area (Å²) in [5.74, 6) is 1.33. The van der Waals surface area contributed by atoms with Gasteiger partial charge in [-0.1, -0.05) is 19.1 Å². The summed E-state index contributed by atoms with van der Waals surface area (Å²) in [5.41, 5.74) is 1.51. The summed E-state index contributed by atoms with van der Waals surface area (Å²) in [6, 6.07) is 9.83. The molecule has 1 amide bonds. The highest BCUT2D eigenvalue weighted by Gasteiger charge is 2.22. The Morgan fingerprint density at radius 2 is 1.89 bits per heavy atom. The van der Waals surface area contributed by atoms with Gasteiger partial charge in [0, 0.05) is 38.4 Å². The molecule has 27 heavy (non-hydrogen) atoms. The second kappa shape index (κ2) is 8.70. The van der Waals surface area contributed by atoms with Crippen molar-refractivity contribution < 1.29 is 9.53 Å². The fourth-order valence-electron chi connectivity index (χ4n) is 3.07. The second-order valence-electron chi connectivity index (χ2n) is 6.67. The topological polar surface area (TPSA) is 70.6 Å². The molecule has 1 unspecified atom stereocenters. The number of methoxy groups -OCH3 is 1. The highest BCUT2D eigenvalue weighted by molar-refractivity contribution is 5.92. The summed E-state index contributed by atoms with van der Waals surface area (Å²) >= 11 is 0. The predicted molar refractivity (Wildman–Crippen MR) is 107 cm³/mol. The van der Waals surface area contributed by atoms with E-state index in [2.05, 4.69) is 31.2 Å². The average Bonchev–Trinajstić information content (AvgIpc) is 2.73. The molecule has 0 spiro atoms. The van der Waals surface area contributed by atoms with Crippen LogP contribution in [-0.4, -0.2) is 55.2 Å². The predicted octanol–water partition coefficient (Wildman–Crippen LogP) is 2.34. The fraction of sp³-hybridized carbons (Fsp3) is 0.450. The molecular formula is C20H27N5O2. The number of anilines is 2. The van der Waals surface area contributed by atoms with Crippen molar-refractivity contribution in [2.45, 2.75) is 26.3 Å². The molecule has 0 radical (unpaired) electrons. The summed E-state index contributed by atoms with van der Waals surface area (Å²) in [4.78, 5) is 25.6. The van der Waals surface area contributed by atoms with Crippen LogP contribution >= 0.6 is 0 Å². The number of rotatable bonds is 6. The van der Waals surface area contributed by atoms with Crippen LogP contribution in [0.4, 0.5) is 11.6 Å². The molecule has 1 N–H and O–H groups in total. The van der Waals surface area contributed by atoms with E-state index in [1.165, 1.54) is 0 Å². The Balaban J connectivity index is 1.66. The van der Waals surface area contributed by atoms with Crippen LogP contribution in [0.3, 0.4) is 0 Å². The minimum Gasteiger partial charge on any atom is -0.495 e. The Bertz CT molecular complexity index is 774. The third-order valence-corrected chi connectivity index (χ3v) is 4.85. The van der Waals surface area contributed by atoms with Gasteiger partial charge in [-0.05, 0) is 31.5 Å². The molecule has 7 nitrogen and oxygen atoms in total. The number of aromatic nitrogens is 2. The van der Waals surface area contributed by atoms with Gasteiger partial charge in [0.1, 0.15) is 11.4 Å². The van der Waals surface area contributed by atoms with E-state index >= 15 is 0 Å². The van der Waals surface area contributed by atoms with Crippen LogP contribution in [0.2, 0.25) is 0 Å². The second-order valence-corrected chi connectivity index (χ2v) is 6.67. The number of ether oxygens (including phenoxy) is 1. The fourth-order valence-corrected chi connectivity index (χ4v) is 3.07. The van der Waals surface area contributed by atoms with Crippen molar-refractivity contribution in [2.24, 2.45) is 0 Å². The molecule has 0 saturated carbocycles. The van der Waals surface area contributed by atoms with Crippen molar-refractivity contribution >= 4 is 17.5 Å². The number of carbonyl (C=O) groups is 1. The first-order valence-electron chi connectivity index (χ1n) is 9.39. The molecule has 7 heteroatoms. The van der Waals surface area contributed by atoms with Crippen molar-refractivity contribution in [3.05, 3.63) is 42.2 Å². The van der Waals surface area contributed by atoms with Gasteiger partial charge in [-0.3, -0.25) is 4.79 Å². The quantitative estimate of drug-likeness (QED) is 0.843. The highest BCUT2D eigenvalue weighted by atomic mass is 16.5. The van der Waals surface area contributed by atoms with E-state index in [4.69, 9.17) is 4.74 Å². The van der Waals surface area contributed by atoms with Gasteiger partial charge >= 0.3 is 0 Å². The molecule has 1 aliphatic rings. The highest BCUT2D eigenvalue weighted by Crippen LogP contribution is 2.28.